The normalized spacial score (nSPS) is 18.1. The quantitative estimate of drug-likeness (QED) is 0.215. The third kappa shape index (κ3) is 4.79. The van der Waals surface area contributed by atoms with Crippen molar-refractivity contribution in [2.75, 3.05) is 12.0 Å². The van der Waals surface area contributed by atoms with E-state index in [1.807, 2.05) is 42.5 Å². The van der Waals surface area contributed by atoms with Gasteiger partial charge in [0.1, 0.15) is 23.9 Å². The van der Waals surface area contributed by atoms with Crippen molar-refractivity contribution in [1.82, 2.24) is 15.2 Å². The first-order chi connectivity index (χ1) is 21.2. The highest BCUT2D eigenvalue weighted by Crippen LogP contribution is 2.45. The Morgan fingerprint density at radius 3 is 2.57 bits per heavy atom. The number of rotatable bonds is 9. The summed E-state index contributed by atoms with van der Waals surface area (Å²) in [6, 6.07) is 17.5. The van der Waals surface area contributed by atoms with E-state index >= 15 is 0 Å². The van der Waals surface area contributed by atoms with Crippen LogP contribution in [0.3, 0.4) is 0 Å². The zero-order valence-electron chi connectivity index (χ0n) is 23.7. The van der Waals surface area contributed by atoms with Crippen molar-refractivity contribution in [1.29, 1.82) is 0 Å². The van der Waals surface area contributed by atoms with Crippen molar-refractivity contribution in [3.05, 3.63) is 95.2 Å². The van der Waals surface area contributed by atoms with Crippen molar-refractivity contribution in [3.63, 3.8) is 0 Å². The molecule has 3 atom stereocenters. The summed E-state index contributed by atoms with van der Waals surface area (Å²) < 4.78 is 5.46. The molecule has 1 saturated heterocycles. The van der Waals surface area contributed by atoms with Crippen LogP contribution in [-0.2, 0) is 20.8 Å². The molecule has 224 valence electrons. The number of carbonyl (C=O) groups is 5. The zero-order chi connectivity index (χ0) is 31.1. The maximum absolute atomic E-state index is 14.3. The highest BCUT2D eigenvalue weighted by Gasteiger charge is 2.53. The summed E-state index contributed by atoms with van der Waals surface area (Å²) >= 11 is 0. The summed E-state index contributed by atoms with van der Waals surface area (Å²) in [5.41, 5.74) is 8.43. The Kier molecular flexibility index (Phi) is 7.25. The first-order valence-electron chi connectivity index (χ1n) is 14.0. The maximum atomic E-state index is 14.3. The molecular weight excluding hydrogens is 566 g/mol. The van der Waals surface area contributed by atoms with Crippen LogP contribution in [0.15, 0.2) is 72.8 Å². The third-order valence-corrected chi connectivity index (χ3v) is 8.13. The van der Waals surface area contributed by atoms with E-state index in [0.29, 0.717) is 5.75 Å². The van der Waals surface area contributed by atoms with Crippen molar-refractivity contribution in [2.24, 2.45) is 5.73 Å². The van der Waals surface area contributed by atoms with Crippen molar-refractivity contribution < 1.29 is 33.8 Å². The fourth-order valence-corrected chi connectivity index (χ4v) is 6.09. The molecule has 0 bridgehead atoms. The number of nitrogens with one attached hydrogen (secondary N) is 2. The molecule has 6 rings (SSSR count). The lowest BCUT2D eigenvalue weighted by Gasteiger charge is -2.36. The van der Waals surface area contributed by atoms with Gasteiger partial charge in [0, 0.05) is 29.4 Å². The van der Waals surface area contributed by atoms with E-state index < -0.39 is 47.8 Å². The molecule has 44 heavy (non-hydrogen) atoms. The summed E-state index contributed by atoms with van der Waals surface area (Å²) in [7, 11) is 1.55. The number of para-hydroxylation sites is 2. The van der Waals surface area contributed by atoms with Gasteiger partial charge in [-0.15, -0.1) is 0 Å². The highest BCUT2D eigenvalue weighted by molar-refractivity contribution is 6.24. The van der Waals surface area contributed by atoms with Crippen LogP contribution in [0, 0.1) is 0 Å². The molecule has 3 heterocycles. The molecule has 2 aliphatic heterocycles. The van der Waals surface area contributed by atoms with Crippen LogP contribution in [0.25, 0.3) is 10.9 Å². The van der Waals surface area contributed by atoms with E-state index in [4.69, 9.17) is 10.5 Å². The molecule has 2 aliphatic rings. The van der Waals surface area contributed by atoms with Gasteiger partial charge in [-0.1, -0.05) is 42.5 Å². The van der Waals surface area contributed by atoms with E-state index in [-0.39, 0.29) is 30.5 Å². The van der Waals surface area contributed by atoms with Crippen LogP contribution >= 0.6 is 0 Å². The minimum Gasteiger partial charge on any atom is -0.497 e. The molecule has 0 spiro atoms. The standard InChI is InChI=1S/C32H29N5O7/c1-44-18-8-6-7-17(15-18)28-27-21(19-9-2-4-11-22(19)34-27)16-25-30(40)37(32(43)36(25)28)24-12-5-3-10-20(24)29(39)35-23(31(41)42)13-14-26(33)38/h2-12,15,23,25,28,34H,13-14,16H2,1H3,(H2,33,38)(H,35,39)(H,41,42)/t23-,25-,28-/m0/s1. The predicted octanol–water partition coefficient (Wildman–Crippen LogP) is 3.11. The Morgan fingerprint density at radius 1 is 1.07 bits per heavy atom. The number of carboxylic acids is 1. The van der Waals surface area contributed by atoms with Gasteiger partial charge in [-0.05, 0) is 47.9 Å². The fraction of sp³-hybridized carbons (Fsp3) is 0.219. The van der Waals surface area contributed by atoms with Crippen LogP contribution in [0.2, 0.25) is 0 Å². The first kappa shape index (κ1) is 28.5. The van der Waals surface area contributed by atoms with Gasteiger partial charge in [0.25, 0.3) is 11.8 Å². The molecule has 12 nitrogen and oxygen atoms in total. The zero-order valence-corrected chi connectivity index (χ0v) is 23.7. The summed E-state index contributed by atoms with van der Waals surface area (Å²) in [6.45, 7) is 0. The monoisotopic (exact) mass is 595 g/mol. The molecule has 0 unspecified atom stereocenters. The number of aromatic nitrogens is 1. The number of carbonyl (C=O) groups excluding carboxylic acids is 4. The number of urea groups is 1. The van der Waals surface area contributed by atoms with Crippen molar-refractivity contribution >= 4 is 46.3 Å². The van der Waals surface area contributed by atoms with Crippen molar-refractivity contribution in [2.45, 2.75) is 37.4 Å². The summed E-state index contributed by atoms with van der Waals surface area (Å²) in [5.74, 6) is -2.80. The van der Waals surface area contributed by atoms with Gasteiger partial charge in [-0.2, -0.15) is 0 Å². The number of H-pyrrole nitrogens is 1. The molecule has 1 aromatic heterocycles. The molecule has 1 fully saturated rings. The van der Waals surface area contributed by atoms with Crippen LogP contribution < -0.4 is 20.7 Å². The van der Waals surface area contributed by atoms with Gasteiger partial charge in [0.2, 0.25) is 5.91 Å². The molecule has 3 aromatic carbocycles. The number of carboxylic acid groups (broad SMARTS) is 1. The second-order valence-corrected chi connectivity index (χ2v) is 10.7. The van der Waals surface area contributed by atoms with Gasteiger partial charge in [0.05, 0.1) is 18.4 Å². The van der Waals surface area contributed by atoms with Crippen LogP contribution in [0.4, 0.5) is 10.5 Å². The van der Waals surface area contributed by atoms with E-state index in [1.54, 1.807) is 25.3 Å². The average molecular weight is 596 g/mol. The fourth-order valence-electron chi connectivity index (χ4n) is 6.09. The minimum absolute atomic E-state index is 0.0198. The second-order valence-electron chi connectivity index (χ2n) is 10.7. The first-order valence-corrected chi connectivity index (χ1v) is 14.0. The third-order valence-electron chi connectivity index (χ3n) is 8.13. The van der Waals surface area contributed by atoms with Gasteiger partial charge in [-0.3, -0.25) is 19.3 Å². The molecule has 5 N–H and O–H groups in total. The van der Waals surface area contributed by atoms with E-state index in [0.717, 1.165) is 32.6 Å². The van der Waals surface area contributed by atoms with E-state index in [9.17, 15) is 29.1 Å². The van der Waals surface area contributed by atoms with Gasteiger partial charge in [-0.25, -0.2) is 14.5 Å². The van der Waals surface area contributed by atoms with Gasteiger partial charge < -0.3 is 25.9 Å². The lowest BCUT2D eigenvalue weighted by atomic mass is 9.89. The molecule has 0 aliphatic carbocycles. The lowest BCUT2D eigenvalue weighted by molar-refractivity contribution is -0.139. The molecule has 0 radical (unpaired) electrons. The lowest BCUT2D eigenvalue weighted by Crippen LogP contribution is -2.44. The number of aromatic amines is 1. The number of nitrogens with zero attached hydrogens (tertiary/aromatic N) is 2. The molecule has 0 saturated carbocycles. The summed E-state index contributed by atoms with van der Waals surface area (Å²) in [4.78, 5) is 70.8. The van der Waals surface area contributed by atoms with Gasteiger partial charge >= 0.3 is 12.0 Å². The Morgan fingerprint density at radius 2 is 1.82 bits per heavy atom. The number of ether oxygens (including phenoxy) is 1. The number of hydrogen-bond acceptors (Lipinski definition) is 6. The SMILES string of the molecule is COc1cccc([C@H]2c3[nH]c4ccccc4c3C[C@H]3C(=O)N(c4ccccc4C(=O)N[C@@H](CCC(N)=O)C(=O)O)C(=O)N23)c1. The van der Waals surface area contributed by atoms with Crippen LogP contribution in [-0.4, -0.2) is 63.9 Å². The molecule has 5 amide bonds. The van der Waals surface area contributed by atoms with Crippen LogP contribution in [0.5, 0.6) is 5.75 Å². The van der Waals surface area contributed by atoms with Gasteiger partial charge in [0.15, 0.2) is 0 Å². The Labute approximate surface area is 251 Å². The number of aliphatic carboxylic acids is 1. The largest absolute Gasteiger partial charge is 0.497 e. The Hall–Kier alpha value is -5.65. The van der Waals surface area contributed by atoms with Crippen molar-refractivity contribution in [3.8, 4) is 5.75 Å². The summed E-state index contributed by atoms with van der Waals surface area (Å²) in [5, 5.41) is 12.9. The van der Waals surface area contributed by atoms with E-state index in [2.05, 4.69) is 10.3 Å². The number of methoxy groups -OCH3 is 1. The number of anilines is 1. The number of benzene rings is 3. The van der Waals surface area contributed by atoms with E-state index in [1.165, 1.54) is 17.0 Å². The number of hydrogen-bond donors (Lipinski definition) is 4. The average Bonchev–Trinajstić information content (AvgIpc) is 3.51. The number of nitrogens with two attached hydrogens (primary N) is 1. The Bertz CT molecular complexity index is 1830. The smallest absolute Gasteiger partial charge is 0.332 e. The minimum atomic E-state index is -1.41. The number of primary amides is 1. The topological polar surface area (TPSA) is 175 Å². The second kappa shape index (κ2) is 11.2. The Balaban J connectivity index is 1.41. The molecule has 12 heteroatoms. The highest BCUT2D eigenvalue weighted by atomic mass is 16.5. The summed E-state index contributed by atoms with van der Waals surface area (Å²) in [6.07, 6.45) is -0.216. The number of imide groups is 1. The number of amides is 5. The predicted molar refractivity (Wildman–Crippen MR) is 159 cm³/mol. The molecular formula is C32H29N5O7. The maximum Gasteiger partial charge on any atom is 0.332 e. The molecule has 4 aromatic rings. The van der Waals surface area contributed by atoms with Crippen LogP contribution in [0.1, 0.15) is 46.1 Å². The number of fused-ring (bicyclic) bond motifs is 4.